The lowest BCUT2D eigenvalue weighted by Crippen LogP contribution is -2.28. The third-order valence-electron chi connectivity index (χ3n) is 3.50. The van der Waals surface area contributed by atoms with Crippen molar-refractivity contribution >= 4 is 5.91 Å². The lowest BCUT2D eigenvalue weighted by molar-refractivity contribution is 0.0916. The molecule has 134 valence electrons. The Morgan fingerprint density at radius 3 is 2.48 bits per heavy atom. The number of aliphatic hydroxyl groups excluding tert-OH is 1. The molecule has 5 heteroatoms. The predicted octanol–water partition coefficient (Wildman–Crippen LogP) is 3.34. The molecule has 0 aromatic heterocycles. The number of benzene rings is 2. The summed E-state index contributed by atoms with van der Waals surface area (Å²) in [5, 5.41) is 13.0. The third-order valence-corrected chi connectivity index (χ3v) is 3.50. The molecule has 1 amide bonds. The van der Waals surface area contributed by atoms with Gasteiger partial charge in [-0.1, -0.05) is 12.1 Å². The first kappa shape index (κ1) is 18.8. The van der Waals surface area contributed by atoms with E-state index >= 15 is 0 Å². The first-order chi connectivity index (χ1) is 12.0. The zero-order chi connectivity index (χ0) is 18.2. The maximum absolute atomic E-state index is 12.2. The summed E-state index contributed by atoms with van der Waals surface area (Å²) in [4.78, 5) is 12.2. The van der Waals surface area contributed by atoms with Crippen molar-refractivity contribution in [2.45, 2.75) is 33.0 Å². The molecule has 2 rings (SSSR count). The van der Waals surface area contributed by atoms with Crippen molar-refractivity contribution in [2.75, 3.05) is 13.2 Å². The lowest BCUT2D eigenvalue weighted by atomic mass is 10.1. The van der Waals surface area contributed by atoms with E-state index in [0.717, 1.165) is 5.75 Å². The second-order valence-electron chi connectivity index (χ2n) is 5.92. The van der Waals surface area contributed by atoms with Gasteiger partial charge < -0.3 is 19.9 Å². The Morgan fingerprint density at radius 1 is 1.12 bits per heavy atom. The second kappa shape index (κ2) is 9.08. The van der Waals surface area contributed by atoms with Crippen LogP contribution in [0.3, 0.4) is 0 Å². The van der Waals surface area contributed by atoms with Crippen LogP contribution in [0.2, 0.25) is 0 Å². The number of carbonyl (C=O) groups is 1. The molecule has 5 nitrogen and oxygen atoms in total. The van der Waals surface area contributed by atoms with Crippen LogP contribution in [0.4, 0.5) is 0 Å². The van der Waals surface area contributed by atoms with Crippen LogP contribution < -0.4 is 14.8 Å². The van der Waals surface area contributed by atoms with E-state index in [4.69, 9.17) is 9.47 Å². The molecule has 0 radical (unpaired) electrons. The SMILES string of the molecule is CCOc1ccc(C(=O)NCC(O)c2cccc(OC(C)C)c2)cc1. The van der Waals surface area contributed by atoms with Crippen molar-refractivity contribution in [3.05, 3.63) is 59.7 Å². The number of hydrogen-bond donors (Lipinski definition) is 2. The summed E-state index contributed by atoms with van der Waals surface area (Å²) in [6, 6.07) is 14.2. The third kappa shape index (κ3) is 5.80. The van der Waals surface area contributed by atoms with Crippen molar-refractivity contribution in [1.29, 1.82) is 0 Å². The quantitative estimate of drug-likeness (QED) is 0.771. The molecule has 1 atom stereocenters. The fourth-order valence-electron chi connectivity index (χ4n) is 2.35. The Bertz CT molecular complexity index is 682. The van der Waals surface area contributed by atoms with Crippen molar-refractivity contribution in [3.63, 3.8) is 0 Å². The molecule has 0 spiro atoms. The molecule has 1 unspecified atom stereocenters. The van der Waals surface area contributed by atoms with E-state index in [1.54, 1.807) is 36.4 Å². The molecular formula is C20H25NO4. The summed E-state index contributed by atoms with van der Waals surface area (Å²) in [5.41, 5.74) is 1.22. The van der Waals surface area contributed by atoms with Crippen molar-refractivity contribution in [1.82, 2.24) is 5.32 Å². The summed E-state index contributed by atoms with van der Waals surface area (Å²) in [6.45, 7) is 6.50. The van der Waals surface area contributed by atoms with E-state index < -0.39 is 6.10 Å². The van der Waals surface area contributed by atoms with Crippen LogP contribution in [0.1, 0.15) is 42.8 Å². The van der Waals surface area contributed by atoms with E-state index in [1.807, 2.05) is 32.9 Å². The molecule has 2 aromatic carbocycles. The number of nitrogens with one attached hydrogen (secondary N) is 1. The minimum absolute atomic E-state index is 0.0618. The van der Waals surface area contributed by atoms with Gasteiger partial charge in [0.05, 0.1) is 18.8 Å². The molecule has 0 aliphatic rings. The first-order valence-electron chi connectivity index (χ1n) is 8.45. The molecule has 25 heavy (non-hydrogen) atoms. The molecule has 0 heterocycles. The molecule has 2 N–H and O–H groups in total. The summed E-state index contributed by atoms with van der Waals surface area (Å²) >= 11 is 0. The van der Waals surface area contributed by atoms with Gasteiger partial charge in [-0.25, -0.2) is 0 Å². The molecule has 2 aromatic rings. The minimum Gasteiger partial charge on any atom is -0.494 e. The fraction of sp³-hybridized carbons (Fsp3) is 0.350. The van der Waals surface area contributed by atoms with E-state index in [2.05, 4.69) is 5.32 Å². The van der Waals surface area contributed by atoms with Gasteiger partial charge in [0, 0.05) is 12.1 Å². The largest absolute Gasteiger partial charge is 0.494 e. The van der Waals surface area contributed by atoms with Gasteiger partial charge in [0.2, 0.25) is 0 Å². The molecule has 0 fully saturated rings. The average molecular weight is 343 g/mol. The van der Waals surface area contributed by atoms with Gasteiger partial charge >= 0.3 is 0 Å². The molecule has 0 aliphatic carbocycles. The van der Waals surface area contributed by atoms with Gasteiger partial charge in [-0.05, 0) is 62.7 Å². The standard InChI is InChI=1S/C20H25NO4/c1-4-24-17-10-8-15(9-11-17)20(23)21-13-19(22)16-6-5-7-18(12-16)25-14(2)3/h5-12,14,19,22H,4,13H2,1-3H3,(H,21,23). The smallest absolute Gasteiger partial charge is 0.251 e. The van der Waals surface area contributed by atoms with Gasteiger partial charge in [0.15, 0.2) is 0 Å². The number of hydrogen-bond acceptors (Lipinski definition) is 4. The van der Waals surface area contributed by atoms with Gasteiger partial charge in [-0.15, -0.1) is 0 Å². The molecule has 0 saturated carbocycles. The number of carbonyl (C=O) groups excluding carboxylic acids is 1. The highest BCUT2D eigenvalue weighted by atomic mass is 16.5. The first-order valence-corrected chi connectivity index (χ1v) is 8.45. The Morgan fingerprint density at radius 2 is 1.84 bits per heavy atom. The monoisotopic (exact) mass is 343 g/mol. The van der Waals surface area contributed by atoms with E-state index in [0.29, 0.717) is 23.5 Å². The van der Waals surface area contributed by atoms with Crippen LogP contribution in [0.15, 0.2) is 48.5 Å². The summed E-state index contributed by atoms with van der Waals surface area (Å²) in [6.07, 6.45) is -0.742. The van der Waals surface area contributed by atoms with Gasteiger partial charge in [-0.2, -0.15) is 0 Å². The Hall–Kier alpha value is -2.53. The van der Waals surface area contributed by atoms with Crippen LogP contribution in [-0.2, 0) is 0 Å². The number of ether oxygens (including phenoxy) is 2. The number of rotatable bonds is 8. The highest BCUT2D eigenvalue weighted by molar-refractivity contribution is 5.94. The molecular weight excluding hydrogens is 318 g/mol. The highest BCUT2D eigenvalue weighted by Crippen LogP contribution is 2.20. The zero-order valence-electron chi connectivity index (χ0n) is 14.9. The van der Waals surface area contributed by atoms with Gasteiger partial charge in [0.1, 0.15) is 11.5 Å². The Balaban J connectivity index is 1.92. The molecule has 0 bridgehead atoms. The number of amides is 1. The maximum atomic E-state index is 12.2. The highest BCUT2D eigenvalue weighted by Gasteiger charge is 2.12. The molecule has 0 saturated heterocycles. The summed E-state index contributed by atoms with van der Waals surface area (Å²) in [5.74, 6) is 1.18. The van der Waals surface area contributed by atoms with Gasteiger partial charge in [0.25, 0.3) is 5.91 Å². The van der Waals surface area contributed by atoms with Crippen LogP contribution in [0, 0.1) is 0 Å². The predicted molar refractivity (Wildman–Crippen MR) is 97.1 cm³/mol. The van der Waals surface area contributed by atoms with Crippen molar-refractivity contribution in [2.24, 2.45) is 0 Å². The van der Waals surface area contributed by atoms with Gasteiger partial charge in [-0.3, -0.25) is 4.79 Å². The summed E-state index contributed by atoms with van der Waals surface area (Å²) in [7, 11) is 0. The second-order valence-corrected chi connectivity index (χ2v) is 5.92. The lowest BCUT2D eigenvalue weighted by Gasteiger charge is -2.15. The van der Waals surface area contributed by atoms with Crippen molar-refractivity contribution in [3.8, 4) is 11.5 Å². The average Bonchev–Trinajstić information content (AvgIpc) is 2.60. The van der Waals surface area contributed by atoms with E-state index in [1.165, 1.54) is 0 Å². The molecule has 0 aliphatic heterocycles. The van der Waals surface area contributed by atoms with E-state index in [-0.39, 0.29) is 18.6 Å². The Kier molecular flexibility index (Phi) is 6.83. The summed E-state index contributed by atoms with van der Waals surface area (Å²) < 4.78 is 11.0. The minimum atomic E-state index is -0.803. The topological polar surface area (TPSA) is 67.8 Å². The Labute approximate surface area is 148 Å². The van der Waals surface area contributed by atoms with Crippen LogP contribution in [0.5, 0.6) is 11.5 Å². The van der Waals surface area contributed by atoms with Crippen molar-refractivity contribution < 1.29 is 19.4 Å². The number of aliphatic hydroxyl groups is 1. The fourth-order valence-corrected chi connectivity index (χ4v) is 2.35. The maximum Gasteiger partial charge on any atom is 0.251 e. The van der Waals surface area contributed by atoms with E-state index in [9.17, 15) is 9.90 Å². The van der Waals surface area contributed by atoms with Crippen LogP contribution >= 0.6 is 0 Å². The normalized spacial score (nSPS) is 11.9. The zero-order valence-corrected chi connectivity index (χ0v) is 14.9. The van der Waals surface area contributed by atoms with Crippen LogP contribution in [-0.4, -0.2) is 30.3 Å². The van der Waals surface area contributed by atoms with Crippen LogP contribution in [0.25, 0.3) is 0 Å².